The van der Waals surface area contributed by atoms with Crippen LogP contribution in [-0.4, -0.2) is 30.5 Å². The second-order valence-corrected chi connectivity index (χ2v) is 3.67. The molecule has 1 amide bonds. The molecule has 0 aromatic heterocycles. The largest absolute Gasteiger partial charge is 0.494 e. The van der Waals surface area contributed by atoms with E-state index < -0.39 is 23.2 Å². The first kappa shape index (κ1) is 15.4. The van der Waals surface area contributed by atoms with Crippen molar-refractivity contribution in [2.75, 3.05) is 19.0 Å². The number of nitro benzene ring substituents is 1. The van der Waals surface area contributed by atoms with Crippen LogP contribution < -0.4 is 10.1 Å². The van der Waals surface area contributed by atoms with Gasteiger partial charge in [-0.2, -0.15) is 0 Å². The summed E-state index contributed by atoms with van der Waals surface area (Å²) in [4.78, 5) is 32.8. The number of carbonyl (C=O) groups is 2. The minimum atomic E-state index is -0.647. The number of non-ortho nitro benzene ring substituents is 1. The summed E-state index contributed by atoms with van der Waals surface area (Å²) in [6, 6.07) is 3.74. The monoisotopic (exact) mass is 282 g/mol. The highest BCUT2D eigenvalue weighted by molar-refractivity contribution is 6.02. The standard InChI is InChI=1S/C12H14N2O6/c1-3-20-12(16)7-11(15)13-9-5-4-8(14(17)18)6-10(9)19-2/h4-6H,3,7H2,1-2H3,(H,13,15). The van der Waals surface area contributed by atoms with Crippen molar-refractivity contribution in [2.24, 2.45) is 0 Å². The molecule has 20 heavy (non-hydrogen) atoms. The Labute approximate surface area is 114 Å². The van der Waals surface area contributed by atoms with Crippen LogP contribution in [0, 0.1) is 10.1 Å². The molecule has 0 aliphatic heterocycles. The molecule has 8 nitrogen and oxygen atoms in total. The molecule has 0 atom stereocenters. The van der Waals surface area contributed by atoms with Crippen molar-refractivity contribution >= 4 is 23.3 Å². The summed E-state index contributed by atoms with van der Waals surface area (Å²) in [6.07, 6.45) is -0.437. The lowest BCUT2D eigenvalue weighted by molar-refractivity contribution is -0.384. The normalized spacial score (nSPS) is 9.70. The summed E-state index contributed by atoms with van der Waals surface area (Å²) < 4.78 is 9.59. The Balaban J connectivity index is 2.79. The van der Waals surface area contributed by atoms with E-state index in [1.165, 1.54) is 25.3 Å². The van der Waals surface area contributed by atoms with Crippen LogP contribution in [-0.2, 0) is 14.3 Å². The van der Waals surface area contributed by atoms with E-state index in [-0.39, 0.29) is 23.7 Å². The zero-order valence-electron chi connectivity index (χ0n) is 11.0. The van der Waals surface area contributed by atoms with Crippen LogP contribution >= 0.6 is 0 Å². The summed E-state index contributed by atoms with van der Waals surface area (Å²) in [5, 5.41) is 13.1. The third-order valence-corrected chi connectivity index (χ3v) is 2.28. The average Bonchev–Trinajstić information content (AvgIpc) is 2.38. The molecule has 1 rings (SSSR count). The van der Waals surface area contributed by atoms with Gasteiger partial charge in [0.2, 0.25) is 5.91 Å². The van der Waals surface area contributed by atoms with Crippen molar-refractivity contribution in [1.29, 1.82) is 0 Å². The first-order chi connectivity index (χ1) is 9.47. The molecule has 0 spiro atoms. The Morgan fingerprint density at radius 1 is 1.40 bits per heavy atom. The number of hydrogen-bond acceptors (Lipinski definition) is 6. The molecular weight excluding hydrogens is 268 g/mol. The van der Waals surface area contributed by atoms with Crippen molar-refractivity contribution in [3.05, 3.63) is 28.3 Å². The number of nitrogens with one attached hydrogen (secondary N) is 1. The molecule has 0 saturated carbocycles. The molecule has 0 saturated heterocycles. The maximum absolute atomic E-state index is 11.6. The zero-order valence-corrected chi connectivity index (χ0v) is 11.0. The van der Waals surface area contributed by atoms with Crippen LogP contribution in [0.5, 0.6) is 5.75 Å². The van der Waals surface area contributed by atoms with Crippen molar-refractivity contribution in [1.82, 2.24) is 0 Å². The lowest BCUT2D eigenvalue weighted by Crippen LogP contribution is -2.18. The molecule has 108 valence electrons. The van der Waals surface area contributed by atoms with Crippen molar-refractivity contribution < 1.29 is 24.0 Å². The number of methoxy groups -OCH3 is 1. The van der Waals surface area contributed by atoms with Crippen LogP contribution in [0.1, 0.15) is 13.3 Å². The van der Waals surface area contributed by atoms with Gasteiger partial charge in [0.15, 0.2) is 0 Å². The van der Waals surface area contributed by atoms with Gasteiger partial charge in [-0.05, 0) is 13.0 Å². The first-order valence-corrected chi connectivity index (χ1v) is 5.75. The lowest BCUT2D eigenvalue weighted by atomic mass is 10.2. The van der Waals surface area contributed by atoms with Gasteiger partial charge in [-0.3, -0.25) is 19.7 Å². The van der Waals surface area contributed by atoms with Gasteiger partial charge in [0.25, 0.3) is 5.69 Å². The van der Waals surface area contributed by atoms with Crippen LogP contribution in [0.3, 0.4) is 0 Å². The number of anilines is 1. The maximum atomic E-state index is 11.6. The number of ether oxygens (including phenoxy) is 2. The predicted molar refractivity (Wildman–Crippen MR) is 69.5 cm³/mol. The fourth-order valence-electron chi connectivity index (χ4n) is 1.43. The number of esters is 1. The second-order valence-electron chi connectivity index (χ2n) is 3.67. The van der Waals surface area contributed by atoms with E-state index in [4.69, 9.17) is 4.74 Å². The summed E-state index contributed by atoms with van der Waals surface area (Å²) in [7, 11) is 1.32. The van der Waals surface area contributed by atoms with Gasteiger partial charge in [0.1, 0.15) is 12.2 Å². The quantitative estimate of drug-likeness (QED) is 0.366. The number of benzene rings is 1. The predicted octanol–water partition coefficient (Wildman–Crippen LogP) is 1.50. The molecule has 0 bridgehead atoms. The van der Waals surface area contributed by atoms with Gasteiger partial charge in [-0.1, -0.05) is 0 Å². The highest BCUT2D eigenvalue weighted by Gasteiger charge is 2.15. The van der Waals surface area contributed by atoms with E-state index in [0.29, 0.717) is 0 Å². The van der Waals surface area contributed by atoms with Crippen LogP contribution in [0.4, 0.5) is 11.4 Å². The van der Waals surface area contributed by atoms with Gasteiger partial charge in [-0.25, -0.2) is 0 Å². The van der Waals surface area contributed by atoms with E-state index in [0.717, 1.165) is 0 Å². The summed E-state index contributed by atoms with van der Waals surface area (Å²) in [5.41, 5.74) is 0.0811. The van der Waals surface area contributed by atoms with Crippen molar-refractivity contribution in [3.63, 3.8) is 0 Å². The number of rotatable bonds is 6. The second kappa shape index (κ2) is 7.07. The smallest absolute Gasteiger partial charge is 0.315 e. The Morgan fingerprint density at radius 2 is 2.10 bits per heavy atom. The molecular formula is C12H14N2O6. The number of amides is 1. The fraction of sp³-hybridized carbons (Fsp3) is 0.333. The molecule has 1 N–H and O–H groups in total. The number of nitro groups is 1. The van der Waals surface area contributed by atoms with Crippen LogP contribution in [0.25, 0.3) is 0 Å². The SMILES string of the molecule is CCOC(=O)CC(=O)Nc1ccc([N+](=O)[O-])cc1OC. The molecule has 1 aromatic rings. The Morgan fingerprint density at radius 3 is 2.65 bits per heavy atom. The number of carbonyl (C=O) groups excluding carboxylic acids is 2. The average molecular weight is 282 g/mol. The molecule has 8 heteroatoms. The maximum Gasteiger partial charge on any atom is 0.315 e. The van der Waals surface area contributed by atoms with Crippen molar-refractivity contribution in [2.45, 2.75) is 13.3 Å². The highest BCUT2D eigenvalue weighted by Crippen LogP contribution is 2.28. The molecule has 0 radical (unpaired) electrons. The molecule has 0 unspecified atom stereocenters. The van der Waals surface area contributed by atoms with Gasteiger partial charge in [-0.15, -0.1) is 0 Å². The van der Waals surface area contributed by atoms with Gasteiger partial charge < -0.3 is 14.8 Å². The lowest BCUT2D eigenvalue weighted by Gasteiger charge is -2.09. The molecule has 0 heterocycles. The summed E-state index contributed by atoms with van der Waals surface area (Å²) >= 11 is 0. The van der Waals surface area contributed by atoms with Gasteiger partial charge >= 0.3 is 5.97 Å². The number of nitrogens with zero attached hydrogens (tertiary/aromatic N) is 1. The Bertz CT molecular complexity index is 529. The summed E-state index contributed by atoms with van der Waals surface area (Å²) in [6.45, 7) is 1.82. The Kier molecular flexibility index (Phi) is 5.45. The van der Waals surface area contributed by atoms with Crippen LogP contribution in [0.2, 0.25) is 0 Å². The fourth-order valence-corrected chi connectivity index (χ4v) is 1.43. The molecule has 0 aliphatic rings. The third kappa shape index (κ3) is 4.23. The van der Waals surface area contributed by atoms with E-state index in [1.54, 1.807) is 6.92 Å². The van der Waals surface area contributed by atoms with Gasteiger partial charge in [0.05, 0.1) is 30.4 Å². The topological polar surface area (TPSA) is 108 Å². The molecule has 1 aromatic carbocycles. The minimum absolute atomic E-state index is 0.136. The van der Waals surface area contributed by atoms with Crippen LogP contribution in [0.15, 0.2) is 18.2 Å². The highest BCUT2D eigenvalue weighted by atomic mass is 16.6. The van der Waals surface area contributed by atoms with Crippen molar-refractivity contribution in [3.8, 4) is 5.75 Å². The molecule has 0 fully saturated rings. The number of hydrogen-bond donors (Lipinski definition) is 1. The third-order valence-electron chi connectivity index (χ3n) is 2.28. The van der Waals surface area contributed by atoms with E-state index in [2.05, 4.69) is 10.1 Å². The first-order valence-electron chi connectivity index (χ1n) is 5.75. The van der Waals surface area contributed by atoms with E-state index in [1.807, 2.05) is 0 Å². The van der Waals surface area contributed by atoms with E-state index >= 15 is 0 Å². The van der Waals surface area contributed by atoms with Gasteiger partial charge in [0, 0.05) is 6.07 Å². The zero-order chi connectivity index (χ0) is 15.1. The van der Waals surface area contributed by atoms with E-state index in [9.17, 15) is 19.7 Å². The Hall–Kier alpha value is -2.64. The minimum Gasteiger partial charge on any atom is -0.494 e. The molecule has 0 aliphatic carbocycles. The summed E-state index contributed by atoms with van der Waals surface area (Å²) in [5.74, 6) is -1.10.